The van der Waals surface area contributed by atoms with Gasteiger partial charge in [0.15, 0.2) is 5.82 Å². The van der Waals surface area contributed by atoms with Crippen LogP contribution in [0.2, 0.25) is 5.15 Å². The van der Waals surface area contributed by atoms with Crippen LogP contribution in [0.3, 0.4) is 0 Å². The lowest BCUT2D eigenvalue weighted by atomic mass is 10.1. The maximum Gasteiger partial charge on any atom is 0.433 e. The summed E-state index contributed by atoms with van der Waals surface area (Å²) in [7, 11) is 0. The summed E-state index contributed by atoms with van der Waals surface area (Å²) < 4.78 is 38.8. The smallest absolute Gasteiger partial charge is 0.389 e. The fraction of sp³-hybridized carbons (Fsp3) is 0.278. The summed E-state index contributed by atoms with van der Waals surface area (Å²) in [5.41, 5.74) is -1.69. The van der Waals surface area contributed by atoms with Crippen molar-refractivity contribution >= 4 is 29.2 Å². The van der Waals surface area contributed by atoms with Crippen molar-refractivity contribution in [3.05, 3.63) is 47.4 Å². The van der Waals surface area contributed by atoms with E-state index in [2.05, 4.69) is 35.6 Å². The molecule has 158 valence electrons. The lowest BCUT2D eigenvalue weighted by molar-refractivity contribution is -0.141. The van der Waals surface area contributed by atoms with Gasteiger partial charge in [-0.3, -0.25) is 4.98 Å². The van der Waals surface area contributed by atoms with Crippen LogP contribution in [0.4, 0.5) is 30.8 Å². The summed E-state index contributed by atoms with van der Waals surface area (Å²) in [5, 5.41) is 15.7. The van der Waals surface area contributed by atoms with E-state index in [0.29, 0.717) is 5.69 Å². The van der Waals surface area contributed by atoms with Crippen molar-refractivity contribution in [2.45, 2.75) is 25.6 Å². The fourth-order valence-corrected chi connectivity index (χ4v) is 2.41. The molecule has 0 saturated heterocycles. The fourth-order valence-electron chi connectivity index (χ4n) is 2.25. The highest BCUT2D eigenvalue weighted by atomic mass is 35.5. The molecule has 3 N–H and O–H groups in total. The summed E-state index contributed by atoms with van der Waals surface area (Å²) in [6.45, 7) is 3.30. The van der Waals surface area contributed by atoms with Crippen molar-refractivity contribution in [2.75, 3.05) is 17.2 Å². The van der Waals surface area contributed by atoms with Gasteiger partial charge in [-0.05, 0) is 38.1 Å². The molecule has 12 heteroatoms. The minimum absolute atomic E-state index is 0.0284. The van der Waals surface area contributed by atoms with Gasteiger partial charge < -0.3 is 15.7 Å². The van der Waals surface area contributed by atoms with Crippen LogP contribution in [0, 0.1) is 0 Å². The highest BCUT2D eigenvalue weighted by Gasteiger charge is 2.32. The third-order valence-corrected chi connectivity index (χ3v) is 3.78. The van der Waals surface area contributed by atoms with Crippen LogP contribution in [0.1, 0.15) is 19.5 Å². The first-order valence-corrected chi connectivity index (χ1v) is 9.03. The number of aromatic nitrogens is 5. The molecule has 0 atom stereocenters. The van der Waals surface area contributed by atoms with Gasteiger partial charge in [0.05, 0.1) is 5.60 Å². The lowest BCUT2D eigenvalue weighted by Crippen LogP contribution is -2.30. The molecule has 0 fully saturated rings. The standard InChI is InChI=1S/C18H17ClF3N7O/c1-17(2,30)9-24-15-27-14(11-4-3-5-13(19)26-11)28-16(29-15)25-10-6-7-23-12(8-10)18(20,21)22/h3-8,30H,9H2,1-2H3,(H2,23,24,25,27,28,29). The number of rotatable bonds is 6. The molecule has 0 aliphatic rings. The Bertz CT molecular complexity index is 1040. The Hall–Kier alpha value is -3.05. The Morgan fingerprint density at radius 3 is 2.43 bits per heavy atom. The molecule has 0 unspecified atom stereocenters. The van der Waals surface area contributed by atoms with E-state index in [1.165, 1.54) is 6.07 Å². The first-order valence-electron chi connectivity index (χ1n) is 8.65. The molecule has 0 aliphatic carbocycles. The second kappa shape index (κ2) is 8.36. The minimum atomic E-state index is -4.59. The zero-order chi connectivity index (χ0) is 21.9. The summed E-state index contributed by atoms with van der Waals surface area (Å²) in [6.07, 6.45) is -3.56. The van der Waals surface area contributed by atoms with Gasteiger partial charge in [0.25, 0.3) is 0 Å². The van der Waals surface area contributed by atoms with Gasteiger partial charge in [-0.2, -0.15) is 28.1 Å². The molecule has 0 aromatic carbocycles. The Morgan fingerprint density at radius 2 is 1.77 bits per heavy atom. The van der Waals surface area contributed by atoms with Gasteiger partial charge in [0.1, 0.15) is 16.5 Å². The maximum atomic E-state index is 12.9. The topological polar surface area (TPSA) is 109 Å². The van der Waals surface area contributed by atoms with Crippen molar-refractivity contribution in [2.24, 2.45) is 0 Å². The van der Waals surface area contributed by atoms with E-state index in [9.17, 15) is 18.3 Å². The Balaban J connectivity index is 1.97. The van der Waals surface area contributed by atoms with Gasteiger partial charge >= 0.3 is 6.18 Å². The number of anilines is 3. The van der Waals surface area contributed by atoms with Crippen LogP contribution in [0.15, 0.2) is 36.5 Å². The first kappa shape index (κ1) is 21.7. The Kier molecular flexibility index (Phi) is 6.04. The largest absolute Gasteiger partial charge is 0.433 e. The van der Waals surface area contributed by atoms with Gasteiger partial charge in [0, 0.05) is 18.4 Å². The number of nitrogens with zero attached hydrogens (tertiary/aromatic N) is 5. The second-order valence-electron chi connectivity index (χ2n) is 6.87. The van der Waals surface area contributed by atoms with E-state index < -0.39 is 17.5 Å². The second-order valence-corrected chi connectivity index (χ2v) is 7.26. The van der Waals surface area contributed by atoms with E-state index in [1.807, 2.05) is 0 Å². The third kappa shape index (κ3) is 5.97. The Morgan fingerprint density at radius 1 is 1.03 bits per heavy atom. The van der Waals surface area contributed by atoms with Crippen molar-refractivity contribution in [1.82, 2.24) is 24.9 Å². The van der Waals surface area contributed by atoms with E-state index in [4.69, 9.17) is 11.6 Å². The highest BCUT2D eigenvalue weighted by molar-refractivity contribution is 6.29. The van der Waals surface area contributed by atoms with Crippen LogP contribution < -0.4 is 10.6 Å². The van der Waals surface area contributed by atoms with Crippen molar-refractivity contribution in [1.29, 1.82) is 0 Å². The maximum absolute atomic E-state index is 12.9. The molecule has 0 aliphatic heterocycles. The molecule has 0 bridgehead atoms. The zero-order valence-electron chi connectivity index (χ0n) is 15.9. The van der Waals surface area contributed by atoms with Crippen molar-refractivity contribution < 1.29 is 18.3 Å². The number of hydrogen-bond acceptors (Lipinski definition) is 8. The highest BCUT2D eigenvalue weighted by Crippen LogP contribution is 2.29. The number of halogens is 4. The van der Waals surface area contributed by atoms with Crippen molar-refractivity contribution in [3.63, 3.8) is 0 Å². The molecule has 0 radical (unpaired) electrons. The van der Waals surface area contributed by atoms with Gasteiger partial charge in [-0.25, -0.2) is 4.98 Å². The van der Waals surface area contributed by atoms with E-state index >= 15 is 0 Å². The SMILES string of the molecule is CC(C)(O)CNc1nc(Nc2ccnc(C(F)(F)F)c2)nc(-c2cccc(Cl)n2)n1. The van der Waals surface area contributed by atoms with E-state index in [-0.39, 0.29) is 35.1 Å². The molecule has 0 saturated carbocycles. The molecule has 3 rings (SSSR count). The summed E-state index contributed by atoms with van der Waals surface area (Å²) in [6, 6.07) is 7.04. The van der Waals surface area contributed by atoms with Crippen LogP contribution >= 0.6 is 11.6 Å². The van der Waals surface area contributed by atoms with Crippen LogP contribution in [0.5, 0.6) is 0 Å². The average Bonchev–Trinajstić information content (AvgIpc) is 2.65. The molecule has 3 aromatic heterocycles. The van der Waals surface area contributed by atoms with E-state index in [1.54, 1.807) is 32.0 Å². The number of alkyl halides is 3. The predicted octanol–water partition coefficient (Wildman–Crippen LogP) is 3.93. The number of nitrogens with one attached hydrogen (secondary N) is 2. The van der Waals surface area contributed by atoms with E-state index in [0.717, 1.165) is 12.3 Å². The monoisotopic (exact) mass is 439 g/mol. The quantitative estimate of drug-likeness (QED) is 0.496. The zero-order valence-corrected chi connectivity index (χ0v) is 16.6. The van der Waals surface area contributed by atoms with Crippen molar-refractivity contribution in [3.8, 4) is 11.5 Å². The molecule has 8 nitrogen and oxygen atoms in total. The molecule has 3 aromatic rings. The average molecular weight is 440 g/mol. The summed E-state index contributed by atoms with van der Waals surface area (Å²) in [4.78, 5) is 20.1. The van der Waals surface area contributed by atoms with Gasteiger partial charge in [-0.1, -0.05) is 17.7 Å². The Labute approximate surface area is 174 Å². The van der Waals surface area contributed by atoms with Crippen LogP contribution in [-0.2, 0) is 6.18 Å². The van der Waals surface area contributed by atoms with Gasteiger partial charge in [-0.15, -0.1) is 0 Å². The third-order valence-electron chi connectivity index (χ3n) is 3.57. The molecule has 0 amide bonds. The van der Waals surface area contributed by atoms with Crippen LogP contribution in [-0.4, -0.2) is 42.2 Å². The molecule has 30 heavy (non-hydrogen) atoms. The molecular formula is C18H17ClF3N7O. The predicted molar refractivity (Wildman–Crippen MR) is 105 cm³/mol. The molecular weight excluding hydrogens is 423 g/mol. The lowest BCUT2D eigenvalue weighted by Gasteiger charge is -2.18. The number of pyridine rings is 2. The molecule has 3 heterocycles. The normalized spacial score (nSPS) is 12.0. The summed E-state index contributed by atoms with van der Waals surface area (Å²) >= 11 is 5.93. The molecule has 0 spiro atoms. The minimum Gasteiger partial charge on any atom is -0.389 e. The number of aliphatic hydroxyl groups is 1. The first-order chi connectivity index (χ1) is 14.0. The number of hydrogen-bond donors (Lipinski definition) is 3. The van der Waals surface area contributed by atoms with Crippen LogP contribution in [0.25, 0.3) is 11.5 Å². The summed E-state index contributed by atoms with van der Waals surface area (Å²) in [5.74, 6) is 0.203. The van der Waals surface area contributed by atoms with Gasteiger partial charge in [0.2, 0.25) is 11.9 Å².